The van der Waals surface area contributed by atoms with Gasteiger partial charge in [-0.3, -0.25) is 0 Å². The maximum absolute atomic E-state index is 8.52. The van der Waals surface area contributed by atoms with E-state index in [-0.39, 0.29) is 11.1 Å². The highest BCUT2D eigenvalue weighted by molar-refractivity contribution is 6.55. The van der Waals surface area contributed by atoms with Crippen LogP contribution in [0.15, 0.2) is 53.0 Å². The van der Waals surface area contributed by atoms with Crippen molar-refractivity contribution in [1.82, 2.24) is 0 Å². The maximum atomic E-state index is 8.52. The van der Waals surface area contributed by atoms with E-state index in [2.05, 4.69) is 0 Å². The van der Waals surface area contributed by atoms with Crippen LogP contribution in [0.1, 0.15) is 12.0 Å². The summed E-state index contributed by atoms with van der Waals surface area (Å²) in [5.74, 6) is 1.61. The van der Waals surface area contributed by atoms with Crippen molar-refractivity contribution in [2.45, 2.75) is 6.42 Å². The number of halogens is 4. The van der Waals surface area contributed by atoms with Crippen molar-refractivity contribution in [2.75, 3.05) is 19.8 Å². The molecule has 0 aliphatic heterocycles. The predicted octanol–water partition coefficient (Wildman–Crippen LogP) is 7.08. The van der Waals surface area contributed by atoms with E-state index in [4.69, 9.17) is 65.9 Å². The van der Waals surface area contributed by atoms with Gasteiger partial charge in [0, 0.05) is 24.6 Å². The molecule has 0 amide bonds. The molecule has 2 aromatic carbocycles. The van der Waals surface area contributed by atoms with Crippen molar-refractivity contribution < 1.29 is 14.2 Å². The highest BCUT2D eigenvalue weighted by Gasteiger charge is 2.10. The second-order valence-corrected chi connectivity index (χ2v) is 7.43. The number of nitrogens with zero attached hydrogens (tertiary/aromatic N) is 1. The Balaban J connectivity index is 1.78. The van der Waals surface area contributed by atoms with E-state index < -0.39 is 0 Å². The van der Waals surface area contributed by atoms with Gasteiger partial charge in [-0.2, -0.15) is 5.26 Å². The van der Waals surface area contributed by atoms with Gasteiger partial charge in [0.1, 0.15) is 22.6 Å². The molecule has 0 heterocycles. The summed E-state index contributed by atoms with van der Waals surface area (Å²) in [6.45, 7) is 1.05. The van der Waals surface area contributed by atoms with Gasteiger partial charge in [-0.25, -0.2) is 0 Å². The number of benzene rings is 2. The summed E-state index contributed by atoms with van der Waals surface area (Å²) in [5.41, 5.74) is 0.931. The lowest BCUT2D eigenvalue weighted by Crippen LogP contribution is -2.05. The molecule has 0 aliphatic carbocycles. The van der Waals surface area contributed by atoms with Gasteiger partial charge in [-0.15, -0.1) is 0 Å². The fourth-order valence-electron chi connectivity index (χ4n) is 2.19. The summed E-state index contributed by atoms with van der Waals surface area (Å²) in [4.78, 5) is 0. The van der Waals surface area contributed by atoms with Gasteiger partial charge in [0.25, 0.3) is 0 Å². The van der Waals surface area contributed by atoms with E-state index >= 15 is 0 Å². The molecule has 0 atom stereocenters. The third-order valence-electron chi connectivity index (χ3n) is 3.49. The highest BCUT2D eigenvalue weighted by Crippen LogP contribution is 2.37. The monoisotopic (exact) mass is 471 g/mol. The quantitative estimate of drug-likeness (QED) is 0.274. The van der Waals surface area contributed by atoms with Crippen LogP contribution in [-0.2, 0) is 0 Å². The Labute approximate surface area is 189 Å². The number of hydrogen-bond donors (Lipinski definition) is 0. The Morgan fingerprint density at radius 2 is 1.59 bits per heavy atom. The van der Waals surface area contributed by atoms with Crippen LogP contribution in [0.2, 0.25) is 10.0 Å². The largest absolute Gasteiger partial charge is 0.493 e. The van der Waals surface area contributed by atoms with Crippen molar-refractivity contribution >= 4 is 52.5 Å². The normalized spacial score (nSPS) is 10.4. The van der Waals surface area contributed by atoms with Crippen LogP contribution in [-0.4, -0.2) is 19.8 Å². The number of allylic oxidation sites excluding steroid dienone is 1. The molecular formula is C21H17Cl4NO3. The van der Waals surface area contributed by atoms with E-state index in [0.717, 1.165) is 11.3 Å². The molecule has 152 valence electrons. The number of nitriles is 1. The average Bonchev–Trinajstić information content (AvgIpc) is 2.68. The van der Waals surface area contributed by atoms with Crippen molar-refractivity contribution in [2.24, 2.45) is 0 Å². The average molecular weight is 473 g/mol. The number of ether oxygens (including phenoxy) is 3. The second-order valence-electron chi connectivity index (χ2n) is 5.60. The van der Waals surface area contributed by atoms with Gasteiger partial charge in [-0.05, 0) is 29.8 Å². The summed E-state index contributed by atoms with van der Waals surface area (Å²) in [5, 5.41) is 9.21. The molecule has 4 nitrogen and oxygen atoms in total. The molecule has 0 N–H and O–H groups in total. The minimum atomic E-state index is 0.121. The zero-order chi connectivity index (χ0) is 21.1. The summed E-state index contributed by atoms with van der Waals surface area (Å²) in [6.07, 6.45) is 5.30. The molecule has 2 aromatic rings. The van der Waals surface area contributed by atoms with Crippen LogP contribution in [0, 0.1) is 11.3 Å². The molecule has 2 rings (SSSR count). The van der Waals surface area contributed by atoms with Crippen LogP contribution >= 0.6 is 46.4 Å². The van der Waals surface area contributed by atoms with Crippen LogP contribution < -0.4 is 14.2 Å². The lowest BCUT2D eigenvalue weighted by atomic mass is 10.2. The minimum absolute atomic E-state index is 0.121. The second kappa shape index (κ2) is 12.5. The zero-order valence-corrected chi connectivity index (χ0v) is 18.2. The van der Waals surface area contributed by atoms with Crippen molar-refractivity contribution in [3.8, 4) is 23.3 Å². The van der Waals surface area contributed by atoms with Crippen molar-refractivity contribution in [3.63, 3.8) is 0 Å². The predicted molar refractivity (Wildman–Crippen MR) is 118 cm³/mol. The van der Waals surface area contributed by atoms with Gasteiger partial charge in [0.15, 0.2) is 5.75 Å². The molecule has 0 saturated carbocycles. The third-order valence-corrected chi connectivity index (χ3v) is 4.36. The molecule has 0 saturated heterocycles. The first-order valence-electron chi connectivity index (χ1n) is 8.54. The minimum Gasteiger partial charge on any atom is -0.493 e. The molecule has 8 heteroatoms. The Morgan fingerprint density at radius 3 is 2.21 bits per heavy atom. The molecule has 0 aromatic heterocycles. The van der Waals surface area contributed by atoms with E-state index in [1.54, 1.807) is 18.2 Å². The first kappa shape index (κ1) is 23.3. The molecule has 0 unspecified atom stereocenters. The van der Waals surface area contributed by atoms with Crippen LogP contribution in [0.5, 0.6) is 17.2 Å². The Kier molecular flexibility index (Phi) is 10.0. The maximum Gasteiger partial charge on any atom is 0.156 e. The summed E-state index contributed by atoms with van der Waals surface area (Å²) >= 11 is 23.5. The number of hydrogen-bond acceptors (Lipinski definition) is 4. The fourth-order valence-corrected chi connectivity index (χ4v) is 2.89. The molecule has 0 aliphatic rings. The van der Waals surface area contributed by atoms with E-state index in [0.29, 0.717) is 41.2 Å². The van der Waals surface area contributed by atoms with Crippen molar-refractivity contribution in [3.05, 3.63) is 68.7 Å². The first-order valence-corrected chi connectivity index (χ1v) is 10.1. The standard InChI is InChI=1S/C21H17Cl4NO3/c22-18-13-17(28-12-8-20(24)25)14-19(23)21(18)29-11-2-10-27-16-6-4-15(5-7-16)3-1-9-26/h1,3-8,13-14H,2,10-12H2/b3-1+. The van der Waals surface area contributed by atoms with Crippen molar-refractivity contribution in [1.29, 1.82) is 5.26 Å². The lowest BCUT2D eigenvalue weighted by Gasteiger charge is -2.12. The molecule has 0 fully saturated rings. The fraction of sp³-hybridized carbons (Fsp3) is 0.190. The molecule has 0 bridgehead atoms. The number of rotatable bonds is 10. The van der Waals surface area contributed by atoms with Gasteiger partial charge in [0.05, 0.1) is 29.3 Å². The van der Waals surface area contributed by atoms with E-state index in [1.807, 2.05) is 30.3 Å². The van der Waals surface area contributed by atoms with Gasteiger partial charge in [0.2, 0.25) is 0 Å². The zero-order valence-electron chi connectivity index (χ0n) is 15.2. The highest BCUT2D eigenvalue weighted by atomic mass is 35.5. The Bertz CT molecular complexity index is 878. The Hall–Kier alpha value is -2.03. The van der Waals surface area contributed by atoms with Gasteiger partial charge < -0.3 is 14.2 Å². The van der Waals surface area contributed by atoms with Gasteiger partial charge in [-0.1, -0.05) is 58.5 Å². The summed E-state index contributed by atoms with van der Waals surface area (Å²) in [6, 6.07) is 12.6. The topological polar surface area (TPSA) is 51.5 Å². The first-order chi connectivity index (χ1) is 14.0. The lowest BCUT2D eigenvalue weighted by molar-refractivity contribution is 0.247. The van der Waals surface area contributed by atoms with Crippen LogP contribution in [0.4, 0.5) is 0 Å². The smallest absolute Gasteiger partial charge is 0.156 e. The molecule has 29 heavy (non-hydrogen) atoms. The SMILES string of the molecule is N#C/C=C/c1ccc(OCCCOc2c(Cl)cc(OCC=C(Cl)Cl)cc2Cl)cc1. The van der Waals surface area contributed by atoms with E-state index in [9.17, 15) is 0 Å². The summed E-state index contributed by atoms with van der Waals surface area (Å²) < 4.78 is 16.9. The van der Waals surface area contributed by atoms with Crippen LogP contribution in [0.25, 0.3) is 6.08 Å². The van der Waals surface area contributed by atoms with Gasteiger partial charge >= 0.3 is 0 Å². The third kappa shape index (κ3) is 8.47. The molecule has 0 radical (unpaired) electrons. The van der Waals surface area contributed by atoms with E-state index in [1.165, 1.54) is 12.2 Å². The van der Waals surface area contributed by atoms with Crippen LogP contribution in [0.3, 0.4) is 0 Å². The molecular weight excluding hydrogens is 456 g/mol. The summed E-state index contributed by atoms with van der Waals surface area (Å²) in [7, 11) is 0. The Morgan fingerprint density at radius 1 is 0.931 bits per heavy atom. The molecule has 0 spiro atoms.